The van der Waals surface area contributed by atoms with E-state index in [9.17, 15) is 24.7 Å². The number of hydrogen-bond donors (Lipinski definition) is 3. The van der Waals surface area contributed by atoms with Crippen LogP contribution in [0.5, 0.6) is 5.75 Å². The molecule has 150 valence electrons. The molecule has 2 atom stereocenters. The summed E-state index contributed by atoms with van der Waals surface area (Å²) in [5.74, 6) is 0.435. The molecular weight excluding hydrogens is 381 g/mol. The molecule has 8 heteroatoms. The zero-order valence-electron chi connectivity index (χ0n) is 18.2. The van der Waals surface area contributed by atoms with Gasteiger partial charge in [-0.2, -0.15) is 5.26 Å². The second-order valence-corrected chi connectivity index (χ2v) is 9.46. The van der Waals surface area contributed by atoms with Gasteiger partial charge in [-0.05, 0) is 79.0 Å². The van der Waals surface area contributed by atoms with E-state index in [1.807, 2.05) is 6.07 Å². The molecule has 4 aliphatic rings. The molecule has 4 bridgehead atoms. The highest BCUT2D eigenvalue weighted by Gasteiger charge is 2.53. The lowest BCUT2D eigenvalue weighted by atomic mass is 9.48. The second-order valence-electron chi connectivity index (χ2n) is 8.29. The average molecular weight is 408 g/mol. The predicted molar refractivity (Wildman–Crippen MR) is 101 cm³/mol. The molecule has 0 aromatic heterocycles. The Morgan fingerprint density at radius 1 is 1.36 bits per heavy atom. The van der Waals surface area contributed by atoms with E-state index in [2.05, 4.69) is 4.52 Å². The van der Waals surface area contributed by atoms with Crippen LogP contribution in [0.1, 0.15) is 47.3 Å². The maximum Gasteiger partial charge on any atom is 0.524 e. The Hall–Kier alpha value is -1.84. The third kappa shape index (κ3) is 3.35. The van der Waals surface area contributed by atoms with Gasteiger partial charge in [0.25, 0.3) is 0 Å². The van der Waals surface area contributed by atoms with E-state index < -0.39 is 14.9 Å². The molecule has 0 saturated heterocycles. The lowest BCUT2D eigenvalue weighted by Gasteiger charge is -2.57. The van der Waals surface area contributed by atoms with Crippen LogP contribution in [-0.4, -0.2) is 28.5 Å². The van der Waals surface area contributed by atoms with Crippen LogP contribution in [0.3, 0.4) is 0 Å². The SMILES string of the molecule is [2H]C([2H])([2H])OC(=C1C2CC3CC1CC(CO)(C3)C2)c1ccc(C#N)c(OP(=O)(O)O)c1. The van der Waals surface area contributed by atoms with Crippen LogP contribution in [0.25, 0.3) is 5.76 Å². The van der Waals surface area contributed by atoms with Crippen LogP contribution in [0.2, 0.25) is 0 Å². The average Bonchev–Trinajstić information content (AvgIpc) is 2.64. The first-order valence-electron chi connectivity index (χ1n) is 10.8. The quantitative estimate of drug-likeness (QED) is 0.505. The van der Waals surface area contributed by atoms with E-state index in [1.54, 1.807) is 0 Å². The summed E-state index contributed by atoms with van der Waals surface area (Å²) < 4.78 is 44.5. The van der Waals surface area contributed by atoms with Gasteiger partial charge in [0.05, 0.1) is 16.7 Å². The Bertz CT molecular complexity index is 993. The highest BCUT2D eigenvalue weighted by molar-refractivity contribution is 7.46. The molecule has 1 aromatic carbocycles. The van der Waals surface area contributed by atoms with Gasteiger partial charge >= 0.3 is 7.82 Å². The number of nitrogens with zero attached hydrogens (tertiary/aromatic N) is 1. The van der Waals surface area contributed by atoms with Gasteiger partial charge in [0.1, 0.15) is 17.6 Å². The van der Waals surface area contributed by atoms with Crippen molar-refractivity contribution in [2.45, 2.75) is 32.1 Å². The molecule has 0 aliphatic heterocycles. The Labute approximate surface area is 168 Å². The highest BCUT2D eigenvalue weighted by atomic mass is 31.2. The number of benzene rings is 1. The normalized spacial score (nSPS) is 32.9. The zero-order chi connectivity index (χ0) is 22.6. The largest absolute Gasteiger partial charge is 0.524 e. The third-order valence-electron chi connectivity index (χ3n) is 6.48. The van der Waals surface area contributed by atoms with E-state index in [-0.39, 0.29) is 40.9 Å². The smallest absolute Gasteiger partial charge is 0.496 e. The number of phosphoric acid groups is 1. The molecule has 0 spiro atoms. The fourth-order valence-electron chi connectivity index (χ4n) is 5.76. The first-order chi connectivity index (χ1) is 14.4. The van der Waals surface area contributed by atoms with Crippen molar-refractivity contribution in [3.05, 3.63) is 34.9 Å². The summed E-state index contributed by atoms with van der Waals surface area (Å²) >= 11 is 0. The van der Waals surface area contributed by atoms with Gasteiger partial charge in [0.2, 0.25) is 0 Å². The molecule has 7 nitrogen and oxygen atoms in total. The van der Waals surface area contributed by atoms with Crippen molar-refractivity contribution in [1.82, 2.24) is 0 Å². The highest BCUT2D eigenvalue weighted by Crippen LogP contribution is 2.63. The summed E-state index contributed by atoms with van der Waals surface area (Å²) in [4.78, 5) is 18.4. The van der Waals surface area contributed by atoms with Crippen molar-refractivity contribution in [1.29, 1.82) is 5.26 Å². The van der Waals surface area contributed by atoms with Crippen molar-refractivity contribution in [2.24, 2.45) is 23.2 Å². The number of phosphoric ester groups is 1. The lowest BCUT2D eigenvalue weighted by Crippen LogP contribution is -2.49. The minimum Gasteiger partial charge on any atom is -0.496 e. The number of allylic oxidation sites excluding steroid dienone is 1. The van der Waals surface area contributed by atoms with E-state index >= 15 is 0 Å². The van der Waals surface area contributed by atoms with Crippen LogP contribution >= 0.6 is 7.82 Å². The van der Waals surface area contributed by atoms with Gasteiger partial charge in [-0.25, -0.2) is 4.57 Å². The van der Waals surface area contributed by atoms with Crippen molar-refractivity contribution in [2.75, 3.05) is 13.6 Å². The number of aliphatic hydroxyl groups excluding tert-OH is 1. The first kappa shape index (κ1) is 16.0. The monoisotopic (exact) mass is 408 g/mol. The Balaban J connectivity index is 1.83. The minimum atomic E-state index is -4.93. The molecule has 28 heavy (non-hydrogen) atoms. The molecule has 4 saturated carbocycles. The van der Waals surface area contributed by atoms with Gasteiger partial charge in [0.15, 0.2) is 0 Å². The third-order valence-corrected chi connectivity index (χ3v) is 6.91. The Kier molecular flexibility index (Phi) is 3.94. The Morgan fingerprint density at radius 2 is 2.07 bits per heavy atom. The predicted octanol–water partition coefficient (Wildman–Crippen LogP) is 3.21. The maximum atomic E-state index is 11.4. The number of methoxy groups -OCH3 is 1. The summed E-state index contributed by atoms with van der Waals surface area (Å²) in [5, 5.41) is 19.3. The van der Waals surface area contributed by atoms with E-state index in [0.29, 0.717) is 11.5 Å². The van der Waals surface area contributed by atoms with Gasteiger partial charge in [0, 0.05) is 12.2 Å². The first-order valence-corrected chi connectivity index (χ1v) is 10.8. The standard InChI is InChI=1S/C20H24NO6P/c1-26-19(13-2-3-14(10-21)17(6-13)27-28(23,24)25)18-15-4-12-5-16(18)9-20(7-12,8-15)11-22/h2-3,6,12,15-16,22H,4-5,7-9,11H2,1H3,(H2,23,24,25)/i1D3. The molecule has 0 radical (unpaired) electrons. The summed E-state index contributed by atoms with van der Waals surface area (Å²) in [6.07, 6.45) is 4.27. The zero-order valence-corrected chi connectivity index (χ0v) is 16.1. The van der Waals surface area contributed by atoms with Gasteiger partial charge < -0.3 is 14.4 Å². The van der Waals surface area contributed by atoms with E-state index in [4.69, 9.17) is 8.85 Å². The fourth-order valence-corrected chi connectivity index (χ4v) is 6.17. The maximum absolute atomic E-state index is 11.4. The van der Waals surface area contributed by atoms with Crippen LogP contribution in [0.15, 0.2) is 23.8 Å². The lowest BCUT2D eigenvalue weighted by molar-refractivity contribution is -0.0498. The summed E-state index contributed by atoms with van der Waals surface area (Å²) in [7, 11) is -7.66. The second kappa shape index (κ2) is 6.89. The molecule has 3 N–H and O–H groups in total. The van der Waals surface area contributed by atoms with E-state index in [0.717, 1.165) is 37.7 Å². The molecule has 1 aromatic rings. The van der Waals surface area contributed by atoms with Gasteiger partial charge in [-0.3, -0.25) is 9.79 Å². The molecule has 4 fully saturated rings. The van der Waals surface area contributed by atoms with Crippen LogP contribution in [0, 0.1) is 34.5 Å². The van der Waals surface area contributed by atoms with Crippen molar-refractivity contribution in [3.8, 4) is 11.8 Å². The summed E-state index contributed by atoms with van der Waals surface area (Å²) in [6, 6.07) is 5.90. The van der Waals surface area contributed by atoms with Crippen molar-refractivity contribution in [3.63, 3.8) is 0 Å². The van der Waals surface area contributed by atoms with Gasteiger partial charge in [-0.1, -0.05) is 0 Å². The van der Waals surface area contributed by atoms with Crippen molar-refractivity contribution < 1.29 is 32.8 Å². The number of nitriles is 1. The molecule has 0 heterocycles. The number of hydrogen-bond acceptors (Lipinski definition) is 5. The molecule has 4 aliphatic carbocycles. The minimum absolute atomic E-state index is 0.0672. The molecule has 2 unspecified atom stereocenters. The van der Waals surface area contributed by atoms with Crippen LogP contribution in [-0.2, 0) is 9.30 Å². The van der Waals surface area contributed by atoms with Crippen LogP contribution in [0.4, 0.5) is 0 Å². The number of ether oxygens (including phenoxy) is 1. The topological polar surface area (TPSA) is 120 Å². The Morgan fingerprint density at radius 3 is 2.64 bits per heavy atom. The van der Waals surface area contributed by atoms with E-state index in [1.165, 1.54) is 18.2 Å². The summed E-state index contributed by atoms with van der Waals surface area (Å²) in [5.41, 5.74) is 0.946. The molecule has 5 rings (SSSR count). The van der Waals surface area contributed by atoms with Crippen molar-refractivity contribution >= 4 is 13.6 Å². The number of rotatable bonds is 5. The molecular formula is C20H24NO6P. The van der Waals surface area contributed by atoms with Crippen LogP contribution < -0.4 is 4.52 Å². The summed E-state index contributed by atoms with van der Waals surface area (Å²) in [6.45, 7) is 0.108. The fraction of sp³-hybridized carbons (Fsp3) is 0.550. The molecule has 0 amide bonds. The number of aliphatic hydroxyl groups is 1. The van der Waals surface area contributed by atoms with Gasteiger partial charge in [-0.15, -0.1) is 0 Å².